The van der Waals surface area contributed by atoms with Gasteiger partial charge in [0.1, 0.15) is 0 Å². The molecular weight excluding hydrogens is 353 g/mol. The van der Waals surface area contributed by atoms with Gasteiger partial charge in [-0.3, -0.25) is 4.90 Å². The Kier molecular flexibility index (Phi) is 9.64. The third-order valence-electron chi connectivity index (χ3n) is 4.71. The monoisotopic (exact) mass is 379 g/mol. The number of nitrogens with zero attached hydrogens (tertiary/aromatic N) is 3. The highest BCUT2D eigenvalue weighted by Gasteiger charge is 2.17. The Morgan fingerprint density at radius 1 is 0.739 bits per heavy atom. The standard InChI is InChI=1S/C17H26ClN3.2ClH/c18-16-4-6-17(7-5-16)21-14-12-20(13-15-21)11-3-10-19-8-1-2-9-19;;/h4-7H,1-3,8-15H2;2*1H. The summed E-state index contributed by atoms with van der Waals surface area (Å²) in [6, 6.07) is 8.23. The molecular formula is C17H28Cl3N3. The molecule has 2 saturated heterocycles. The van der Waals surface area contributed by atoms with Gasteiger partial charge in [-0.05, 0) is 69.7 Å². The summed E-state index contributed by atoms with van der Waals surface area (Å²) in [5.74, 6) is 0. The van der Waals surface area contributed by atoms with Gasteiger partial charge in [0.05, 0.1) is 0 Å². The summed E-state index contributed by atoms with van der Waals surface area (Å²) in [5, 5.41) is 0.819. The summed E-state index contributed by atoms with van der Waals surface area (Å²) in [7, 11) is 0. The van der Waals surface area contributed by atoms with Crippen LogP contribution in [-0.2, 0) is 0 Å². The van der Waals surface area contributed by atoms with E-state index in [-0.39, 0.29) is 24.8 Å². The number of hydrogen-bond acceptors (Lipinski definition) is 3. The van der Waals surface area contributed by atoms with E-state index in [2.05, 4.69) is 26.8 Å². The van der Waals surface area contributed by atoms with E-state index in [1.165, 1.54) is 64.2 Å². The smallest absolute Gasteiger partial charge is 0.0407 e. The molecule has 1 aromatic carbocycles. The van der Waals surface area contributed by atoms with E-state index >= 15 is 0 Å². The first kappa shape index (κ1) is 20.9. The summed E-state index contributed by atoms with van der Waals surface area (Å²) in [6.07, 6.45) is 4.13. The first-order valence-electron chi connectivity index (χ1n) is 8.26. The fraction of sp³-hybridized carbons (Fsp3) is 0.647. The molecule has 0 unspecified atom stereocenters. The van der Waals surface area contributed by atoms with Crippen LogP contribution in [0.3, 0.4) is 0 Å². The fourth-order valence-corrected chi connectivity index (χ4v) is 3.53. The molecule has 1 aromatic rings. The summed E-state index contributed by atoms with van der Waals surface area (Å²) in [4.78, 5) is 7.69. The molecule has 3 rings (SSSR count). The molecule has 2 heterocycles. The molecule has 0 saturated carbocycles. The van der Waals surface area contributed by atoms with Crippen LogP contribution < -0.4 is 4.90 Å². The second kappa shape index (κ2) is 10.6. The molecule has 2 aliphatic heterocycles. The lowest BCUT2D eigenvalue weighted by Crippen LogP contribution is -2.47. The van der Waals surface area contributed by atoms with Gasteiger partial charge in [0, 0.05) is 36.9 Å². The maximum Gasteiger partial charge on any atom is 0.0407 e. The molecule has 2 fully saturated rings. The van der Waals surface area contributed by atoms with Crippen molar-refractivity contribution in [3.8, 4) is 0 Å². The predicted molar refractivity (Wildman–Crippen MR) is 105 cm³/mol. The minimum atomic E-state index is 0. The highest BCUT2D eigenvalue weighted by atomic mass is 35.5. The molecule has 0 amide bonds. The zero-order valence-electron chi connectivity index (χ0n) is 13.6. The quantitative estimate of drug-likeness (QED) is 0.769. The summed E-state index contributed by atoms with van der Waals surface area (Å²) < 4.78 is 0. The first-order valence-corrected chi connectivity index (χ1v) is 8.64. The van der Waals surface area contributed by atoms with Gasteiger partial charge in [0.15, 0.2) is 0 Å². The van der Waals surface area contributed by atoms with E-state index in [0.717, 1.165) is 18.1 Å². The molecule has 132 valence electrons. The molecule has 0 atom stereocenters. The van der Waals surface area contributed by atoms with Gasteiger partial charge in [-0.15, -0.1) is 24.8 Å². The third kappa shape index (κ3) is 6.32. The van der Waals surface area contributed by atoms with Crippen molar-refractivity contribution in [1.29, 1.82) is 0 Å². The number of halogens is 3. The maximum atomic E-state index is 5.95. The van der Waals surface area contributed by atoms with E-state index in [4.69, 9.17) is 11.6 Å². The largest absolute Gasteiger partial charge is 0.369 e. The van der Waals surface area contributed by atoms with Crippen molar-refractivity contribution >= 4 is 42.1 Å². The molecule has 0 radical (unpaired) electrons. The summed E-state index contributed by atoms with van der Waals surface area (Å²) in [5.41, 5.74) is 1.30. The van der Waals surface area contributed by atoms with Gasteiger partial charge in [-0.2, -0.15) is 0 Å². The average Bonchev–Trinajstić information content (AvgIpc) is 3.02. The van der Waals surface area contributed by atoms with Crippen LogP contribution in [0.15, 0.2) is 24.3 Å². The second-order valence-corrected chi connectivity index (χ2v) is 6.64. The van der Waals surface area contributed by atoms with E-state index in [0.29, 0.717) is 0 Å². The number of benzene rings is 1. The molecule has 2 aliphatic rings. The topological polar surface area (TPSA) is 9.72 Å². The summed E-state index contributed by atoms with van der Waals surface area (Å²) in [6.45, 7) is 9.82. The van der Waals surface area contributed by atoms with E-state index in [9.17, 15) is 0 Å². The Hall–Kier alpha value is -0.190. The van der Waals surface area contributed by atoms with Crippen LogP contribution in [0.2, 0.25) is 5.02 Å². The van der Waals surface area contributed by atoms with Crippen LogP contribution in [-0.4, -0.2) is 62.2 Å². The molecule has 0 N–H and O–H groups in total. The number of rotatable bonds is 5. The van der Waals surface area contributed by atoms with Crippen LogP contribution in [0.1, 0.15) is 19.3 Å². The molecule has 0 bridgehead atoms. The Morgan fingerprint density at radius 3 is 1.83 bits per heavy atom. The molecule has 3 nitrogen and oxygen atoms in total. The van der Waals surface area contributed by atoms with Crippen LogP contribution in [0.4, 0.5) is 5.69 Å². The van der Waals surface area contributed by atoms with E-state index < -0.39 is 0 Å². The molecule has 0 spiro atoms. The normalized spacial score (nSPS) is 19.3. The Labute approximate surface area is 157 Å². The van der Waals surface area contributed by atoms with Crippen LogP contribution in [0.25, 0.3) is 0 Å². The zero-order valence-corrected chi connectivity index (χ0v) is 16.0. The van der Waals surface area contributed by atoms with Crippen LogP contribution in [0.5, 0.6) is 0 Å². The zero-order chi connectivity index (χ0) is 14.5. The SMILES string of the molecule is Cl.Cl.Clc1ccc(N2CCN(CCCN3CCCC3)CC2)cc1. The van der Waals surface area contributed by atoms with Gasteiger partial charge in [0.2, 0.25) is 0 Å². The van der Waals surface area contributed by atoms with Crippen LogP contribution >= 0.6 is 36.4 Å². The first-order chi connectivity index (χ1) is 10.3. The van der Waals surface area contributed by atoms with E-state index in [1.54, 1.807) is 0 Å². The van der Waals surface area contributed by atoms with Crippen molar-refractivity contribution in [2.45, 2.75) is 19.3 Å². The van der Waals surface area contributed by atoms with Crippen molar-refractivity contribution < 1.29 is 0 Å². The van der Waals surface area contributed by atoms with Gasteiger partial charge >= 0.3 is 0 Å². The number of piperazine rings is 1. The lowest BCUT2D eigenvalue weighted by Gasteiger charge is -2.36. The van der Waals surface area contributed by atoms with Crippen molar-refractivity contribution in [2.24, 2.45) is 0 Å². The summed E-state index contributed by atoms with van der Waals surface area (Å²) >= 11 is 5.95. The van der Waals surface area contributed by atoms with Crippen molar-refractivity contribution in [3.05, 3.63) is 29.3 Å². The van der Waals surface area contributed by atoms with Gasteiger partial charge in [-0.1, -0.05) is 11.6 Å². The van der Waals surface area contributed by atoms with Crippen molar-refractivity contribution in [2.75, 3.05) is 57.3 Å². The highest BCUT2D eigenvalue weighted by molar-refractivity contribution is 6.30. The van der Waals surface area contributed by atoms with E-state index in [1.807, 2.05) is 12.1 Å². The maximum absolute atomic E-state index is 5.95. The molecule has 6 heteroatoms. The Morgan fingerprint density at radius 2 is 1.26 bits per heavy atom. The van der Waals surface area contributed by atoms with Gasteiger partial charge < -0.3 is 9.80 Å². The molecule has 0 aromatic heterocycles. The molecule has 0 aliphatic carbocycles. The minimum absolute atomic E-state index is 0. The lowest BCUT2D eigenvalue weighted by molar-refractivity contribution is 0.234. The lowest BCUT2D eigenvalue weighted by atomic mass is 10.2. The second-order valence-electron chi connectivity index (χ2n) is 6.21. The Balaban J connectivity index is 0.00000132. The fourth-order valence-electron chi connectivity index (χ4n) is 3.41. The average molecular weight is 381 g/mol. The Bertz CT molecular complexity index is 427. The number of anilines is 1. The third-order valence-corrected chi connectivity index (χ3v) is 4.96. The predicted octanol–water partition coefficient (Wildman–Crippen LogP) is 3.79. The van der Waals surface area contributed by atoms with Gasteiger partial charge in [0.25, 0.3) is 0 Å². The van der Waals surface area contributed by atoms with Crippen molar-refractivity contribution in [1.82, 2.24) is 9.80 Å². The van der Waals surface area contributed by atoms with Gasteiger partial charge in [-0.25, -0.2) is 0 Å². The molecule has 23 heavy (non-hydrogen) atoms. The number of likely N-dealkylation sites (tertiary alicyclic amines) is 1. The number of hydrogen-bond donors (Lipinski definition) is 0. The highest BCUT2D eigenvalue weighted by Crippen LogP contribution is 2.19. The van der Waals surface area contributed by atoms with Crippen LogP contribution in [0, 0.1) is 0 Å². The van der Waals surface area contributed by atoms with Crippen molar-refractivity contribution in [3.63, 3.8) is 0 Å². The minimum Gasteiger partial charge on any atom is -0.369 e.